The van der Waals surface area contributed by atoms with Crippen LogP contribution < -0.4 is 4.74 Å². The molecule has 1 aliphatic heterocycles. The zero-order chi connectivity index (χ0) is 17.1. The van der Waals surface area contributed by atoms with Crippen LogP contribution in [0.15, 0.2) is 30.5 Å². The first kappa shape index (κ1) is 16.5. The summed E-state index contributed by atoms with van der Waals surface area (Å²) >= 11 is 0. The van der Waals surface area contributed by atoms with E-state index in [1.54, 1.807) is 0 Å². The maximum absolute atomic E-state index is 10.5. The van der Waals surface area contributed by atoms with Gasteiger partial charge in [0, 0.05) is 19.8 Å². The van der Waals surface area contributed by atoms with Gasteiger partial charge in [0.25, 0.3) is 0 Å². The molecular formula is C18H23N3O3. The predicted molar refractivity (Wildman–Crippen MR) is 89.9 cm³/mol. The third-order valence-electron chi connectivity index (χ3n) is 4.37. The Kier molecular flexibility index (Phi) is 4.85. The lowest BCUT2D eigenvalue weighted by molar-refractivity contribution is -0.139. The van der Waals surface area contributed by atoms with Gasteiger partial charge >= 0.3 is 5.97 Å². The molecule has 0 aliphatic carbocycles. The molecule has 24 heavy (non-hydrogen) atoms. The maximum Gasteiger partial charge on any atom is 0.341 e. The summed E-state index contributed by atoms with van der Waals surface area (Å²) in [5.41, 5.74) is 2.25. The number of carboxylic acids is 1. The van der Waals surface area contributed by atoms with Gasteiger partial charge < -0.3 is 14.4 Å². The molecule has 1 fully saturated rings. The summed E-state index contributed by atoms with van der Waals surface area (Å²) in [5, 5.41) is 8.64. The Hall–Kier alpha value is -2.34. The van der Waals surface area contributed by atoms with Crippen molar-refractivity contribution in [1.82, 2.24) is 14.5 Å². The van der Waals surface area contributed by atoms with Crippen molar-refractivity contribution >= 4 is 5.97 Å². The third kappa shape index (κ3) is 3.76. The molecule has 6 heteroatoms. The fraction of sp³-hybridized carbons (Fsp3) is 0.444. The monoisotopic (exact) mass is 329 g/mol. The molecule has 0 amide bonds. The van der Waals surface area contributed by atoms with E-state index in [9.17, 15) is 4.79 Å². The normalized spacial score (nSPS) is 18.0. The summed E-state index contributed by atoms with van der Waals surface area (Å²) < 4.78 is 7.30. The minimum absolute atomic E-state index is 0.313. The van der Waals surface area contributed by atoms with E-state index in [1.807, 2.05) is 31.2 Å². The molecule has 1 aromatic heterocycles. The molecule has 2 heterocycles. The van der Waals surface area contributed by atoms with Gasteiger partial charge in [-0.3, -0.25) is 4.90 Å². The molecule has 0 saturated carbocycles. The third-order valence-corrected chi connectivity index (χ3v) is 4.37. The van der Waals surface area contributed by atoms with Gasteiger partial charge in [0.15, 0.2) is 6.61 Å². The van der Waals surface area contributed by atoms with Crippen LogP contribution >= 0.6 is 0 Å². The van der Waals surface area contributed by atoms with E-state index in [-0.39, 0.29) is 6.61 Å². The molecule has 6 nitrogen and oxygen atoms in total. The van der Waals surface area contributed by atoms with Gasteiger partial charge in [0.2, 0.25) is 0 Å². The van der Waals surface area contributed by atoms with E-state index in [0.29, 0.717) is 11.8 Å². The second kappa shape index (κ2) is 7.05. The van der Waals surface area contributed by atoms with Gasteiger partial charge in [-0.25, -0.2) is 9.78 Å². The smallest absolute Gasteiger partial charge is 0.341 e. The van der Waals surface area contributed by atoms with Crippen LogP contribution in [0.2, 0.25) is 0 Å². The highest BCUT2D eigenvalue weighted by molar-refractivity contribution is 5.68. The fourth-order valence-electron chi connectivity index (χ4n) is 3.32. The Balaban J connectivity index is 1.66. The Morgan fingerprint density at radius 1 is 1.38 bits per heavy atom. The molecule has 1 aliphatic rings. The maximum atomic E-state index is 10.5. The van der Waals surface area contributed by atoms with Crippen molar-refractivity contribution in [2.24, 2.45) is 7.05 Å². The number of aromatic nitrogens is 2. The molecule has 1 atom stereocenters. The van der Waals surface area contributed by atoms with Crippen molar-refractivity contribution in [2.75, 3.05) is 13.2 Å². The number of aliphatic carboxylic acids is 1. The Bertz CT molecular complexity index is 709. The Labute approximate surface area is 141 Å². The highest BCUT2D eigenvalue weighted by atomic mass is 16.5. The molecule has 2 aromatic rings. The second-order valence-electron chi connectivity index (χ2n) is 6.31. The number of likely N-dealkylation sites (tertiary alicyclic amines) is 1. The zero-order valence-electron chi connectivity index (χ0n) is 14.1. The van der Waals surface area contributed by atoms with Gasteiger partial charge in [-0.1, -0.05) is 12.1 Å². The number of benzene rings is 1. The molecular weight excluding hydrogens is 306 g/mol. The largest absolute Gasteiger partial charge is 0.482 e. The zero-order valence-corrected chi connectivity index (χ0v) is 14.1. The van der Waals surface area contributed by atoms with Crippen LogP contribution in [-0.2, 0) is 18.4 Å². The molecule has 3 rings (SSSR count). The predicted octanol–water partition coefficient (Wildman–Crippen LogP) is 2.53. The van der Waals surface area contributed by atoms with Crippen molar-refractivity contribution < 1.29 is 14.6 Å². The summed E-state index contributed by atoms with van der Waals surface area (Å²) in [5.74, 6) is 0.745. The van der Waals surface area contributed by atoms with Crippen molar-refractivity contribution in [2.45, 2.75) is 32.4 Å². The lowest BCUT2D eigenvalue weighted by Gasteiger charge is -2.24. The van der Waals surface area contributed by atoms with Crippen molar-refractivity contribution in [1.29, 1.82) is 0 Å². The summed E-state index contributed by atoms with van der Waals surface area (Å²) in [6, 6.07) is 8.00. The fourth-order valence-corrected chi connectivity index (χ4v) is 3.32. The lowest BCUT2D eigenvalue weighted by Crippen LogP contribution is -2.24. The van der Waals surface area contributed by atoms with Gasteiger partial charge in [0.1, 0.15) is 11.6 Å². The molecule has 0 bridgehead atoms. The van der Waals surface area contributed by atoms with Crippen molar-refractivity contribution in [3.63, 3.8) is 0 Å². The number of ether oxygens (including phenoxy) is 1. The van der Waals surface area contributed by atoms with E-state index in [2.05, 4.69) is 27.7 Å². The van der Waals surface area contributed by atoms with Crippen LogP contribution in [0, 0.1) is 6.92 Å². The molecule has 0 spiro atoms. The highest BCUT2D eigenvalue weighted by Crippen LogP contribution is 2.32. The van der Waals surface area contributed by atoms with Crippen molar-refractivity contribution in [3.8, 4) is 5.75 Å². The number of carbonyl (C=O) groups is 1. The summed E-state index contributed by atoms with van der Waals surface area (Å²) in [6.45, 7) is 3.63. The first-order chi connectivity index (χ1) is 11.5. The first-order valence-electron chi connectivity index (χ1n) is 8.20. The van der Waals surface area contributed by atoms with E-state index in [1.165, 1.54) is 12.0 Å². The minimum Gasteiger partial charge on any atom is -0.482 e. The Morgan fingerprint density at radius 3 is 2.75 bits per heavy atom. The average Bonchev–Trinajstić information content (AvgIpc) is 3.12. The van der Waals surface area contributed by atoms with Crippen LogP contribution in [0.1, 0.15) is 36.0 Å². The van der Waals surface area contributed by atoms with E-state index < -0.39 is 5.97 Å². The first-order valence-corrected chi connectivity index (χ1v) is 8.20. The van der Waals surface area contributed by atoms with Crippen molar-refractivity contribution in [3.05, 3.63) is 47.5 Å². The van der Waals surface area contributed by atoms with Crippen LogP contribution in [0.25, 0.3) is 0 Å². The topological polar surface area (TPSA) is 67.6 Å². The van der Waals surface area contributed by atoms with Gasteiger partial charge in [-0.15, -0.1) is 0 Å². The molecule has 1 aromatic carbocycles. The number of hydrogen-bond acceptors (Lipinski definition) is 4. The van der Waals surface area contributed by atoms with Gasteiger partial charge in [-0.05, 0) is 44.0 Å². The number of imidazole rings is 1. The highest BCUT2D eigenvalue weighted by Gasteiger charge is 2.29. The number of hydrogen-bond donors (Lipinski definition) is 1. The van der Waals surface area contributed by atoms with Crippen LogP contribution in [0.3, 0.4) is 0 Å². The SMILES string of the molecule is Cc1cn(C)c([C@@H]2CCCN2Cc2ccc(OCC(=O)O)cc2)n1. The summed E-state index contributed by atoms with van der Waals surface area (Å²) in [7, 11) is 2.06. The molecule has 1 N–H and O–H groups in total. The number of aryl methyl sites for hydroxylation is 2. The quantitative estimate of drug-likeness (QED) is 0.882. The summed E-state index contributed by atoms with van der Waals surface area (Å²) in [6.07, 6.45) is 4.38. The number of carboxylic acid groups (broad SMARTS) is 1. The summed E-state index contributed by atoms with van der Waals surface area (Å²) in [4.78, 5) is 17.7. The second-order valence-corrected chi connectivity index (χ2v) is 6.31. The van der Waals surface area contributed by atoms with Gasteiger partial charge in [0.05, 0.1) is 11.7 Å². The van der Waals surface area contributed by atoms with Gasteiger partial charge in [-0.2, -0.15) is 0 Å². The van der Waals surface area contributed by atoms with Crippen LogP contribution in [-0.4, -0.2) is 38.7 Å². The van der Waals surface area contributed by atoms with Crippen LogP contribution in [0.5, 0.6) is 5.75 Å². The number of rotatable bonds is 6. The minimum atomic E-state index is -0.968. The van der Waals surface area contributed by atoms with E-state index in [0.717, 1.165) is 31.0 Å². The molecule has 0 unspecified atom stereocenters. The number of nitrogens with zero attached hydrogens (tertiary/aromatic N) is 3. The average molecular weight is 329 g/mol. The van der Waals surface area contributed by atoms with E-state index in [4.69, 9.17) is 9.84 Å². The van der Waals surface area contributed by atoms with Crippen LogP contribution in [0.4, 0.5) is 0 Å². The molecule has 1 saturated heterocycles. The van der Waals surface area contributed by atoms with E-state index >= 15 is 0 Å². The molecule has 128 valence electrons. The molecule has 0 radical (unpaired) electrons. The standard InChI is InChI=1S/C18H23N3O3/c1-13-10-20(2)18(19-13)16-4-3-9-21(16)11-14-5-7-15(8-6-14)24-12-17(22)23/h5-8,10,16H,3-4,9,11-12H2,1-2H3,(H,22,23)/t16-/m0/s1. The lowest BCUT2D eigenvalue weighted by atomic mass is 10.1. The Morgan fingerprint density at radius 2 is 2.12 bits per heavy atom.